The van der Waals surface area contributed by atoms with E-state index in [0.29, 0.717) is 0 Å². The van der Waals surface area contributed by atoms with Crippen LogP contribution in [-0.4, -0.2) is 23.2 Å². The maximum absolute atomic E-state index is 10.7. The van der Waals surface area contributed by atoms with Gasteiger partial charge < -0.3 is 5.11 Å². The molecule has 0 fully saturated rings. The molecule has 0 spiro atoms. The van der Waals surface area contributed by atoms with Gasteiger partial charge in [0, 0.05) is 11.9 Å². The SMILES string of the molecule is CN1N=C(C(=O)O)Sc2ccccc21. The first kappa shape index (κ1) is 9.08. The normalized spacial score (nSPS) is 14.6. The molecule has 0 atom stereocenters. The molecule has 1 aromatic rings. The molecule has 0 amide bonds. The number of rotatable bonds is 1. The van der Waals surface area contributed by atoms with Crippen LogP contribution in [0, 0.1) is 0 Å². The minimum Gasteiger partial charge on any atom is -0.476 e. The van der Waals surface area contributed by atoms with Crippen LogP contribution in [0.1, 0.15) is 0 Å². The Morgan fingerprint density at radius 2 is 2.21 bits per heavy atom. The molecule has 0 saturated carbocycles. The number of aliphatic carboxylic acids is 1. The summed E-state index contributed by atoms with van der Waals surface area (Å²) < 4.78 is 0. The highest BCUT2D eigenvalue weighted by molar-refractivity contribution is 8.15. The maximum Gasteiger partial charge on any atom is 0.363 e. The highest BCUT2D eigenvalue weighted by Gasteiger charge is 2.21. The number of carboxylic acids is 1. The Labute approximate surface area is 85.2 Å². The molecular weight excluding hydrogens is 200 g/mol. The van der Waals surface area contributed by atoms with Gasteiger partial charge in [0.25, 0.3) is 0 Å². The largest absolute Gasteiger partial charge is 0.476 e. The number of hydrazone groups is 1. The molecule has 0 bridgehead atoms. The van der Waals surface area contributed by atoms with Gasteiger partial charge in [0.1, 0.15) is 0 Å². The van der Waals surface area contributed by atoms with Crippen LogP contribution in [0.15, 0.2) is 34.3 Å². The van der Waals surface area contributed by atoms with Crippen LogP contribution in [0.25, 0.3) is 0 Å². The minimum atomic E-state index is -0.989. The number of fused-ring (bicyclic) bond motifs is 1. The summed E-state index contributed by atoms with van der Waals surface area (Å²) in [7, 11) is 1.74. The van der Waals surface area contributed by atoms with E-state index in [1.165, 1.54) is 11.8 Å². The molecule has 1 N–H and O–H groups in total. The zero-order valence-electron chi connectivity index (χ0n) is 7.47. The fraction of sp³-hybridized carbons (Fsp3) is 0.111. The van der Waals surface area contributed by atoms with E-state index in [1.807, 2.05) is 24.3 Å². The van der Waals surface area contributed by atoms with Crippen LogP contribution >= 0.6 is 11.8 Å². The molecule has 0 saturated heterocycles. The summed E-state index contributed by atoms with van der Waals surface area (Å²) >= 11 is 1.18. The van der Waals surface area contributed by atoms with Crippen LogP contribution in [0.2, 0.25) is 0 Å². The first-order valence-corrected chi connectivity index (χ1v) is 4.82. The van der Waals surface area contributed by atoms with Crippen molar-refractivity contribution < 1.29 is 9.90 Å². The Balaban J connectivity index is 2.42. The summed E-state index contributed by atoms with van der Waals surface area (Å²) in [5, 5.41) is 14.4. The molecule has 4 nitrogen and oxygen atoms in total. The summed E-state index contributed by atoms with van der Waals surface area (Å²) in [4.78, 5) is 11.7. The van der Waals surface area contributed by atoms with Crippen molar-refractivity contribution in [2.75, 3.05) is 12.1 Å². The molecule has 1 aromatic carbocycles. The fourth-order valence-electron chi connectivity index (χ4n) is 1.21. The molecule has 0 radical (unpaired) electrons. The summed E-state index contributed by atoms with van der Waals surface area (Å²) in [5.74, 6) is -0.989. The highest BCUT2D eigenvalue weighted by Crippen LogP contribution is 2.34. The van der Waals surface area contributed by atoms with Gasteiger partial charge in [-0.3, -0.25) is 5.01 Å². The third-order valence-corrected chi connectivity index (χ3v) is 2.86. The number of hydrogen-bond donors (Lipinski definition) is 1. The molecule has 0 unspecified atom stereocenters. The van der Waals surface area contributed by atoms with Gasteiger partial charge in [0.2, 0.25) is 5.04 Å². The number of thioether (sulfide) groups is 1. The van der Waals surface area contributed by atoms with Gasteiger partial charge in [-0.25, -0.2) is 4.79 Å². The Morgan fingerprint density at radius 1 is 1.50 bits per heavy atom. The van der Waals surface area contributed by atoms with E-state index in [2.05, 4.69) is 5.10 Å². The third-order valence-electron chi connectivity index (χ3n) is 1.84. The molecule has 0 aliphatic carbocycles. The fourth-order valence-corrected chi connectivity index (χ4v) is 2.12. The first-order valence-electron chi connectivity index (χ1n) is 4.01. The monoisotopic (exact) mass is 208 g/mol. The number of benzene rings is 1. The zero-order valence-corrected chi connectivity index (χ0v) is 8.28. The topological polar surface area (TPSA) is 52.9 Å². The zero-order chi connectivity index (χ0) is 10.1. The van der Waals surface area contributed by atoms with Crippen LogP contribution in [-0.2, 0) is 4.79 Å². The van der Waals surface area contributed by atoms with Crippen molar-refractivity contribution in [2.24, 2.45) is 5.10 Å². The van der Waals surface area contributed by atoms with Gasteiger partial charge in [0.15, 0.2) is 0 Å². The molecule has 1 heterocycles. The molecule has 2 rings (SSSR count). The van der Waals surface area contributed by atoms with Gasteiger partial charge in [-0.2, -0.15) is 5.10 Å². The van der Waals surface area contributed by atoms with Crippen LogP contribution in [0.4, 0.5) is 5.69 Å². The van der Waals surface area contributed by atoms with Crippen molar-refractivity contribution in [1.29, 1.82) is 0 Å². The number of nitrogens with zero attached hydrogens (tertiary/aromatic N) is 2. The second-order valence-corrected chi connectivity index (χ2v) is 3.83. The maximum atomic E-state index is 10.7. The molecular formula is C9H8N2O2S. The lowest BCUT2D eigenvalue weighted by molar-refractivity contribution is -0.129. The van der Waals surface area contributed by atoms with Crippen LogP contribution in [0.5, 0.6) is 0 Å². The molecule has 5 heteroatoms. The third kappa shape index (κ3) is 1.46. The predicted octanol–water partition coefficient (Wildman–Crippen LogP) is 1.63. The lowest BCUT2D eigenvalue weighted by Gasteiger charge is -2.21. The van der Waals surface area contributed by atoms with E-state index in [4.69, 9.17) is 5.11 Å². The van der Waals surface area contributed by atoms with E-state index in [9.17, 15) is 4.79 Å². The van der Waals surface area contributed by atoms with Gasteiger partial charge in [-0.1, -0.05) is 23.9 Å². The average molecular weight is 208 g/mol. The Morgan fingerprint density at radius 3 is 2.93 bits per heavy atom. The summed E-state index contributed by atoms with van der Waals surface area (Å²) in [6.45, 7) is 0. The number of hydrogen-bond acceptors (Lipinski definition) is 4. The lowest BCUT2D eigenvalue weighted by atomic mass is 10.3. The molecule has 1 aliphatic rings. The van der Waals surface area contributed by atoms with Gasteiger partial charge in [-0.15, -0.1) is 0 Å². The molecule has 14 heavy (non-hydrogen) atoms. The average Bonchev–Trinajstić information content (AvgIpc) is 2.17. The van der Waals surface area contributed by atoms with Crippen LogP contribution in [0.3, 0.4) is 0 Å². The molecule has 1 aliphatic heterocycles. The Kier molecular flexibility index (Phi) is 2.17. The van der Waals surface area contributed by atoms with Crippen molar-refractivity contribution in [1.82, 2.24) is 0 Å². The van der Waals surface area contributed by atoms with Crippen molar-refractivity contribution >= 4 is 28.5 Å². The van der Waals surface area contributed by atoms with Crippen LogP contribution < -0.4 is 5.01 Å². The number of carbonyl (C=O) groups is 1. The second kappa shape index (κ2) is 3.34. The van der Waals surface area contributed by atoms with Gasteiger partial charge in [0.05, 0.1) is 5.69 Å². The summed E-state index contributed by atoms with van der Waals surface area (Å²) in [6, 6.07) is 7.57. The second-order valence-electron chi connectivity index (χ2n) is 2.80. The van der Waals surface area contributed by atoms with Gasteiger partial charge in [-0.05, 0) is 12.1 Å². The Bertz CT molecular complexity index is 417. The number of anilines is 1. The van der Waals surface area contributed by atoms with Crippen molar-refractivity contribution in [3.05, 3.63) is 24.3 Å². The minimum absolute atomic E-state index is 0.103. The number of para-hydroxylation sites is 1. The van der Waals surface area contributed by atoms with Crippen molar-refractivity contribution in [3.63, 3.8) is 0 Å². The highest BCUT2D eigenvalue weighted by atomic mass is 32.2. The Hall–Kier alpha value is -1.49. The lowest BCUT2D eigenvalue weighted by Crippen LogP contribution is -2.21. The molecule has 0 aromatic heterocycles. The predicted molar refractivity (Wildman–Crippen MR) is 55.8 cm³/mol. The van der Waals surface area contributed by atoms with E-state index in [0.717, 1.165) is 10.6 Å². The first-order chi connectivity index (χ1) is 6.68. The van der Waals surface area contributed by atoms with E-state index >= 15 is 0 Å². The van der Waals surface area contributed by atoms with E-state index < -0.39 is 5.97 Å². The summed E-state index contributed by atoms with van der Waals surface area (Å²) in [5.41, 5.74) is 0.933. The molecule has 72 valence electrons. The summed E-state index contributed by atoms with van der Waals surface area (Å²) in [6.07, 6.45) is 0. The van der Waals surface area contributed by atoms with Crippen molar-refractivity contribution in [3.8, 4) is 0 Å². The number of carboxylic acid groups (broad SMARTS) is 1. The van der Waals surface area contributed by atoms with Crippen molar-refractivity contribution in [2.45, 2.75) is 4.90 Å². The smallest absolute Gasteiger partial charge is 0.363 e. The van der Waals surface area contributed by atoms with E-state index in [-0.39, 0.29) is 5.04 Å². The van der Waals surface area contributed by atoms with Gasteiger partial charge >= 0.3 is 5.97 Å². The van der Waals surface area contributed by atoms with E-state index in [1.54, 1.807) is 12.1 Å². The standard InChI is InChI=1S/C9H8N2O2S/c1-11-6-4-2-3-5-7(6)14-8(10-11)9(12)13/h2-5H,1H3,(H,12,13). The quantitative estimate of drug-likeness (QED) is 0.762.